The summed E-state index contributed by atoms with van der Waals surface area (Å²) in [6.07, 6.45) is -4.80. The molecule has 3 aromatic rings. The molecular weight excluding hydrogens is 333 g/mol. The van der Waals surface area contributed by atoms with Gasteiger partial charge in [-0.1, -0.05) is 60.7 Å². The van der Waals surface area contributed by atoms with Crippen molar-refractivity contribution in [2.24, 2.45) is 0 Å². The summed E-state index contributed by atoms with van der Waals surface area (Å²) in [5.41, 5.74) is -1.12. The van der Waals surface area contributed by atoms with Gasteiger partial charge in [-0.3, -0.25) is 0 Å². The summed E-state index contributed by atoms with van der Waals surface area (Å²) < 4.78 is 44.3. The minimum Gasteiger partial charge on any atom is -0.347 e. The summed E-state index contributed by atoms with van der Waals surface area (Å²) in [5.74, 6) is -0.370. The van der Waals surface area contributed by atoms with Crippen LogP contribution < -0.4 is 10.5 Å². The highest BCUT2D eigenvalue weighted by Crippen LogP contribution is 2.34. The van der Waals surface area contributed by atoms with E-state index in [4.69, 9.17) is 0 Å². The first-order valence-corrected chi connectivity index (χ1v) is 7.56. The molecule has 0 atom stereocenters. The lowest BCUT2D eigenvalue weighted by atomic mass is 10.1. The molecule has 1 N–H and O–H groups in total. The molecule has 0 saturated heterocycles. The first-order valence-electron chi connectivity index (χ1n) is 7.56. The highest BCUT2D eigenvalue weighted by atomic mass is 19.4. The van der Waals surface area contributed by atoms with E-state index in [1.165, 1.54) is 4.90 Å². The summed E-state index contributed by atoms with van der Waals surface area (Å²) in [4.78, 5) is 13.0. The van der Waals surface area contributed by atoms with Crippen molar-refractivity contribution in [3.8, 4) is 0 Å². The number of halogens is 3. The van der Waals surface area contributed by atoms with Gasteiger partial charge in [-0.15, -0.1) is 0 Å². The molecule has 0 spiro atoms. The maximum atomic E-state index is 13.3. The standard InChI is InChI=1S/C18H15F3N2O2/c19-18(20,21)15-16(22-25-17(15)24)23(11-13-7-3-1-4-8-13)12-14-9-5-2-6-10-14/h1-10,22H,11-12H2. The number of hydrogen-bond donors (Lipinski definition) is 1. The van der Waals surface area contributed by atoms with Crippen LogP contribution in [-0.4, -0.2) is 5.16 Å². The summed E-state index contributed by atoms with van der Waals surface area (Å²) >= 11 is 0. The smallest absolute Gasteiger partial charge is 0.347 e. The zero-order valence-electron chi connectivity index (χ0n) is 13.1. The highest BCUT2D eigenvalue weighted by molar-refractivity contribution is 5.48. The molecule has 0 unspecified atom stereocenters. The van der Waals surface area contributed by atoms with Gasteiger partial charge >= 0.3 is 11.8 Å². The van der Waals surface area contributed by atoms with Crippen molar-refractivity contribution in [2.75, 3.05) is 4.90 Å². The van der Waals surface area contributed by atoms with Crippen LogP contribution in [0.5, 0.6) is 0 Å². The van der Waals surface area contributed by atoms with Gasteiger partial charge in [0.25, 0.3) is 0 Å². The summed E-state index contributed by atoms with van der Waals surface area (Å²) in [6.45, 7) is 0.378. The Kier molecular flexibility index (Phi) is 4.65. The molecule has 0 bridgehead atoms. The minimum absolute atomic E-state index is 0.189. The SMILES string of the molecule is O=c1o[nH]c(N(Cc2ccccc2)Cc2ccccc2)c1C(F)(F)F. The zero-order chi connectivity index (χ0) is 17.9. The van der Waals surface area contributed by atoms with E-state index in [1.807, 2.05) is 36.4 Å². The third kappa shape index (κ3) is 3.93. The molecule has 7 heteroatoms. The fourth-order valence-corrected chi connectivity index (χ4v) is 2.59. The van der Waals surface area contributed by atoms with E-state index in [9.17, 15) is 18.0 Å². The predicted molar refractivity (Wildman–Crippen MR) is 87.1 cm³/mol. The number of rotatable bonds is 5. The predicted octanol–water partition coefficient (Wildman–Crippen LogP) is 4.19. The number of aromatic nitrogens is 1. The maximum Gasteiger partial charge on any atom is 0.427 e. The van der Waals surface area contributed by atoms with Crippen LogP contribution >= 0.6 is 0 Å². The summed E-state index contributed by atoms with van der Waals surface area (Å²) in [7, 11) is 0. The van der Waals surface area contributed by atoms with Gasteiger partial charge in [-0.25, -0.2) is 9.95 Å². The second kappa shape index (κ2) is 6.88. The second-order valence-electron chi connectivity index (χ2n) is 5.54. The lowest BCUT2D eigenvalue weighted by Crippen LogP contribution is -2.27. The number of nitrogens with zero attached hydrogens (tertiary/aromatic N) is 1. The van der Waals surface area contributed by atoms with Crippen molar-refractivity contribution in [3.05, 3.63) is 87.8 Å². The number of anilines is 1. The first kappa shape index (κ1) is 16.9. The summed E-state index contributed by atoms with van der Waals surface area (Å²) in [6, 6.07) is 18.1. The van der Waals surface area contributed by atoms with Gasteiger partial charge in [0.1, 0.15) is 0 Å². The Morgan fingerprint density at radius 1 is 0.880 bits per heavy atom. The average molecular weight is 348 g/mol. The van der Waals surface area contributed by atoms with E-state index in [0.29, 0.717) is 0 Å². The minimum atomic E-state index is -4.80. The van der Waals surface area contributed by atoms with E-state index in [0.717, 1.165) is 11.1 Å². The normalized spacial score (nSPS) is 11.5. The molecule has 0 aliphatic heterocycles. The first-order chi connectivity index (χ1) is 11.9. The molecule has 1 heterocycles. The Hall–Kier alpha value is -2.96. The molecule has 0 amide bonds. The molecule has 3 rings (SSSR count). The van der Waals surface area contributed by atoms with Crippen LogP contribution in [-0.2, 0) is 19.3 Å². The second-order valence-corrected chi connectivity index (χ2v) is 5.54. The highest BCUT2D eigenvalue weighted by Gasteiger charge is 2.41. The van der Waals surface area contributed by atoms with Gasteiger partial charge in [0.2, 0.25) is 0 Å². The monoisotopic (exact) mass is 348 g/mol. The molecule has 25 heavy (non-hydrogen) atoms. The van der Waals surface area contributed by atoms with Crippen molar-refractivity contribution < 1.29 is 17.7 Å². The largest absolute Gasteiger partial charge is 0.427 e. The maximum absolute atomic E-state index is 13.3. The Balaban J connectivity index is 2.01. The number of alkyl halides is 3. The Morgan fingerprint density at radius 3 is 1.80 bits per heavy atom. The van der Waals surface area contributed by atoms with Crippen LogP contribution in [0.1, 0.15) is 16.7 Å². The van der Waals surface area contributed by atoms with Crippen molar-refractivity contribution in [2.45, 2.75) is 19.3 Å². The van der Waals surface area contributed by atoms with E-state index in [-0.39, 0.29) is 18.9 Å². The van der Waals surface area contributed by atoms with Crippen molar-refractivity contribution in [3.63, 3.8) is 0 Å². The van der Waals surface area contributed by atoms with E-state index in [1.54, 1.807) is 24.3 Å². The molecule has 0 radical (unpaired) electrons. The van der Waals surface area contributed by atoms with Gasteiger partial charge in [-0.2, -0.15) is 13.2 Å². The number of nitrogens with one attached hydrogen (secondary N) is 1. The molecule has 0 fully saturated rings. The van der Waals surface area contributed by atoms with Crippen LogP contribution in [0.4, 0.5) is 19.0 Å². The third-order valence-corrected chi connectivity index (χ3v) is 3.71. The fraction of sp³-hybridized carbons (Fsp3) is 0.167. The van der Waals surface area contributed by atoms with Crippen LogP contribution in [0.2, 0.25) is 0 Å². The van der Waals surface area contributed by atoms with Gasteiger partial charge < -0.3 is 9.42 Å². The lowest BCUT2D eigenvalue weighted by molar-refractivity contribution is -0.138. The molecule has 0 aliphatic carbocycles. The van der Waals surface area contributed by atoms with E-state index < -0.39 is 17.4 Å². The molecule has 4 nitrogen and oxygen atoms in total. The molecule has 1 aromatic heterocycles. The van der Waals surface area contributed by atoms with Gasteiger partial charge in [0.05, 0.1) is 0 Å². The van der Waals surface area contributed by atoms with Crippen LogP contribution in [0.25, 0.3) is 0 Å². The third-order valence-electron chi connectivity index (χ3n) is 3.71. The van der Waals surface area contributed by atoms with Crippen LogP contribution in [0.3, 0.4) is 0 Å². The van der Waals surface area contributed by atoms with Crippen molar-refractivity contribution in [1.29, 1.82) is 0 Å². The fourth-order valence-electron chi connectivity index (χ4n) is 2.59. The Labute approximate surface area is 141 Å². The van der Waals surface area contributed by atoms with Crippen molar-refractivity contribution >= 4 is 5.82 Å². The lowest BCUT2D eigenvalue weighted by Gasteiger charge is -2.24. The Bertz CT molecular complexity index is 829. The van der Waals surface area contributed by atoms with Gasteiger partial charge in [0, 0.05) is 13.1 Å². The topological polar surface area (TPSA) is 49.2 Å². The zero-order valence-corrected chi connectivity index (χ0v) is 13.1. The molecular formula is C18H15F3N2O2. The van der Waals surface area contributed by atoms with E-state index in [2.05, 4.69) is 9.68 Å². The number of H-pyrrole nitrogens is 1. The number of aromatic amines is 1. The number of hydrogen-bond acceptors (Lipinski definition) is 3. The molecule has 2 aromatic carbocycles. The molecule has 0 saturated carbocycles. The molecule has 0 aliphatic rings. The average Bonchev–Trinajstić information content (AvgIpc) is 2.98. The van der Waals surface area contributed by atoms with Crippen molar-refractivity contribution in [1.82, 2.24) is 5.16 Å². The van der Waals surface area contributed by atoms with Crippen LogP contribution in [0, 0.1) is 0 Å². The Morgan fingerprint density at radius 2 is 1.36 bits per heavy atom. The molecule has 130 valence electrons. The number of benzene rings is 2. The van der Waals surface area contributed by atoms with E-state index >= 15 is 0 Å². The van der Waals surface area contributed by atoms with Gasteiger partial charge in [-0.05, 0) is 11.1 Å². The van der Waals surface area contributed by atoms with Crippen LogP contribution in [0.15, 0.2) is 70.0 Å². The quantitative estimate of drug-likeness (QED) is 0.752. The summed E-state index contributed by atoms with van der Waals surface area (Å²) in [5, 5.41) is 2.14. The van der Waals surface area contributed by atoms with Gasteiger partial charge in [0.15, 0.2) is 11.4 Å².